The van der Waals surface area contributed by atoms with Gasteiger partial charge in [0.05, 0.1) is 17.5 Å². The van der Waals surface area contributed by atoms with Crippen LogP contribution in [-0.2, 0) is 19.9 Å². The predicted molar refractivity (Wildman–Crippen MR) is 79.6 cm³/mol. The van der Waals surface area contributed by atoms with Crippen molar-refractivity contribution in [3.63, 3.8) is 0 Å². The number of oxazole rings is 1. The Balaban J connectivity index is 1.94. The second-order valence-electron chi connectivity index (χ2n) is 4.99. The number of rotatable bonds is 8. The van der Waals surface area contributed by atoms with E-state index in [1.54, 1.807) is 0 Å². The minimum Gasteiger partial charge on any atom is -0.441 e. The first kappa shape index (κ1) is 14.8. The average molecular weight is 276 g/mol. The molecule has 0 saturated heterocycles. The first-order valence-corrected chi connectivity index (χ1v) is 7.42. The third-order valence-electron chi connectivity index (χ3n) is 3.23. The minimum absolute atomic E-state index is 0.809. The van der Waals surface area contributed by atoms with Gasteiger partial charge in [-0.1, -0.05) is 13.8 Å². The molecule has 0 fully saturated rings. The maximum atomic E-state index is 5.84. The molecule has 2 aromatic rings. The molecule has 0 spiro atoms. The number of nitrogens with one attached hydrogen (secondary N) is 1. The van der Waals surface area contributed by atoms with Crippen LogP contribution < -0.4 is 5.32 Å². The van der Waals surface area contributed by atoms with Crippen molar-refractivity contribution in [3.05, 3.63) is 24.0 Å². The minimum atomic E-state index is 0.809. The molecule has 0 aliphatic carbocycles. The zero-order valence-electron chi connectivity index (χ0n) is 12.6. The Bertz CT molecular complexity index is 530. The van der Waals surface area contributed by atoms with E-state index < -0.39 is 0 Å². The fourth-order valence-electron chi connectivity index (χ4n) is 2.22. The second-order valence-corrected chi connectivity index (χ2v) is 4.99. The van der Waals surface area contributed by atoms with Gasteiger partial charge in [-0.3, -0.25) is 4.68 Å². The molecule has 0 unspecified atom stereocenters. The molecular formula is C15H24N4O. The summed E-state index contributed by atoms with van der Waals surface area (Å²) in [6.07, 6.45) is 7.79. The number of nitrogens with zero attached hydrogens (tertiary/aromatic N) is 3. The Hall–Kier alpha value is -1.62. The van der Waals surface area contributed by atoms with Crippen LogP contribution >= 0.6 is 0 Å². The fourth-order valence-corrected chi connectivity index (χ4v) is 2.22. The van der Waals surface area contributed by atoms with E-state index in [1.165, 1.54) is 6.42 Å². The summed E-state index contributed by atoms with van der Waals surface area (Å²) in [5.41, 5.74) is 2.11. The molecule has 2 rings (SSSR count). The lowest BCUT2D eigenvalue weighted by molar-refractivity contribution is 0.491. The lowest BCUT2D eigenvalue weighted by Gasteiger charge is -2.00. The quantitative estimate of drug-likeness (QED) is 0.753. The molecule has 5 heteroatoms. The van der Waals surface area contributed by atoms with Gasteiger partial charge in [-0.25, -0.2) is 4.98 Å². The third-order valence-corrected chi connectivity index (χ3v) is 3.23. The van der Waals surface area contributed by atoms with Gasteiger partial charge in [-0.05, 0) is 32.4 Å². The number of aromatic nitrogens is 3. The number of hydrogen-bond acceptors (Lipinski definition) is 4. The molecule has 0 atom stereocenters. The summed E-state index contributed by atoms with van der Waals surface area (Å²) < 4.78 is 7.66. The summed E-state index contributed by atoms with van der Waals surface area (Å²) in [4.78, 5) is 4.36. The van der Waals surface area contributed by atoms with E-state index in [-0.39, 0.29) is 0 Å². The Kier molecular flexibility index (Phi) is 5.35. The molecule has 0 aromatic carbocycles. The molecule has 1 N–H and O–H groups in total. The molecule has 0 radical (unpaired) electrons. The van der Waals surface area contributed by atoms with E-state index in [0.29, 0.717) is 0 Å². The van der Waals surface area contributed by atoms with Gasteiger partial charge in [-0.15, -0.1) is 0 Å². The smallest absolute Gasteiger partial charge is 0.194 e. The van der Waals surface area contributed by atoms with Crippen molar-refractivity contribution in [2.24, 2.45) is 7.05 Å². The highest BCUT2D eigenvalue weighted by atomic mass is 16.4. The first-order valence-electron chi connectivity index (χ1n) is 7.42. The van der Waals surface area contributed by atoms with Crippen molar-refractivity contribution < 1.29 is 4.42 Å². The van der Waals surface area contributed by atoms with Crippen molar-refractivity contribution in [2.45, 2.75) is 39.5 Å². The fraction of sp³-hybridized carbons (Fsp3) is 0.600. The summed E-state index contributed by atoms with van der Waals surface area (Å²) >= 11 is 0. The molecule has 0 aliphatic rings. The van der Waals surface area contributed by atoms with E-state index in [9.17, 15) is 0 Å². The molecule has 5 nitrogen and oxygen atoms in total. The largest absolute Gasteiger partial charge is 0.441 e. The Morgan fingerprint density at radius 3 is 2.90 bits per heavy atom. The van der Waals surface area contributed by atoms with E-state index in [4.69, 9.17) is 4.42 Å². The van der Waals surface area contributed by atoms with Gasteiger partial charge in [0.1, 0.15) is 0 Å². The topological polar surface area (TPSA) is 55.9 Å². The van der Waals surface area contributed by atoms with Gasteiger partial charge in [0.25, 0.3) is 0 Å². The first-order chi connectivity index (χ1) is 9.74. The molecule has 0 aliphatic heterocycles. The van der Waals surface area contributed by atoms with Crippen molar-refractivity contribution >= 4 is 0 Å². The highest BCUT2D eigenvalue weighted by Crippen LogP contribution is 2.24. The Morgan fingerprint density at radius 1 is 1.30 bits per heavy atom. The maximum Gasteiger partial charge on any atom is 0.194 e. The molecule has 2 aromatic heterocycles. The van der Waals surface area contributed by atoms with Crippen LogP contribution in [0.2, 0.25) is 0 Å². The summed E-state index contributed by atoms with van der Waals surface area (Å²) in [5, 5.41) is 7.81. The SMILES string of the molecule is CCCNCCCc1ncc(-c2cn(C)nc2CC)o1. The normalized spacial score (nSPS) is 11.2. The highest BCUT2D eigenvalue weighted by molar-refractivity contribution is 5.58. The summed E-state index contributed by atoms with van der Waals surface area (Å²) in [5.74, 6) is 1.63. The van der Waals surface area contributed by atoms with E-state index in [2.05, 4.69) is 29.2 Å². The van der Waals surface area contributed by atoms with Crippen LogP contribution in [-0.4, -0.2) is 27.9 Å². The molecule has 20 heavy (non-hydrogen) atoms. The van der Waals surface area contributed by atoms with Crippen molar-refractivity contribution in [1.29, 1.82) is 0 Å². The van der Waals surface area contributed by atoms with Crippen LogP contribution in [0.1, 0.15) is 38.3 Å². The molecule has 0 bridgehead atoms. The van der Waals surface area contributed by atoms with Gasteiger partial charge in [0, 0.05) is 19.7 Å². The van der Waals surface area contributed by atoms with Crippen LogP contribution in [0, 0.1) is 0 Å². The van der Waals surface area contributed by atoms with Crippen LogP contribution in [0.5, 0.6) is 0 Å². The standard InChI is InChI=1S/C15H24N4O/c1-4-8-16-9-6-7-15-17-10-14(20-15)12-11-19(3)18-13(12)5-2/h10-11,16H,4-9H2,1-3H3. The Morgan fingerprint density at radius 2 is 2.15 bits per heavy atom. The molecule has 0 amide bonds. The lowest BCUT2D eigenvalue weighted by Crippen LogP contribution is -2.16. The summed E-state index contributed by atoms with van der Waals surface area (Å²) in [6.45, 7) is 6.36. The van der Waals surface area contributed by atoms with Crippen molar-refractivity contribution in [3.8, 4) is 11.3 Å². The highest BCUT2D eigenvalue weighted by Gasteiger charge is 2.13. The van der Waals surface area contributed by atoms with Gasteiger partial charge in [0.2, 0.25) is 0 Å². The summed E-state index contributed by atoms with van der Waals surface area (Å²) in [7, 11) is 1.93. The van der Waals surface area contributed by atoms with Gasteiger partial charge in [0.15, 0.2) is 11.7 Å². The molecule has 110 valence electrons. The molecule has 0 saturated carbocycles. The predicted octanol–water partition coefficient (Wildman–Crippen LogP) is 2.57. The maximum absolute atomic E-state index is 5.84. The molecule has 2 heterocycles. The number of aryl methyl sites for hydroxylation is 3. The average Bonchev–Trinajstić information content (AvgIpc) is 3.04. The van der Waals surface area contributed by atoms with Crippen molar-refractivity contribution in [2.75, 3.05) is 13.1 Å². The van der Waals surface area contributed by atoms with E-state index in [1.807, 2.05) is 24.1 Å². The van der Waals surface area contributed by atoms with E-state index >= 15 is 0 Å². The van der Waals surface area contributed by atoms with Gasteiger partial charge < -0.3 is 9.73 Å². The van der Waals surface area contributed by atoms with Crippen LogP contribution in [0.15, 0.2) is 16.8 Å². The van der Waals surface area contributed by atoms with Crippen LogP contribution in [0.25, 0.3) is 11.3 Å². The monoisotopic (exact) mass is 276 g/mol. The zero-order valence-corrected chi connectivity index (χ0v) is 12.6. The molecular weight excluding hydrogens is 252 g/mol. The van der Waals surface area contributed by atoms with E-state index in [0.717, 1.165) is 55.3 Å². The third kappa shape index (κ3) is 3.70. The van der Waals surface area contributed by atoms with Crippen molar-refractivity contribution in [1.82, 2.24) is 20.1 Å². The van der Waals surface area contributed by atoms with Crippen LogP contribution in [0.4, 0.5) is 0 Å². The zero-order chi connectivity index (χ0) is 14.4. The van der Waals surface area contributed by atoms with Gasteiger partial charge >= 0.3 is 0 Å². The second kappa shape index (κ2) is 7.24. The van der Waals surface area contributed by atoms with Crippen LogP contribution in [0.3, 0.4) is 0 Å². The Labute approximate surface area is 120 Å². The lowest BCUT2D eigenvalue weighted by atomic mass is 10.2. The van der Waals surface area contributed by atoms with Gasteiger partial charge in [-0.2, -0.15) is 5.10 Å². The summed E-state index contributed by atoms with van der Waals surface area (Å²) in [6, 6.07) is 0. The number of hydrogen-bond donors (Lipinski definition) is 1.